The van der Waals surface area contributed by atoms with Crippen LogP contribution in [0.4, 0.5) is 5.69 Å². The first-order valence-electron chi connectivity index (χ1n) is 7.00. The van der Waals surface area contributed by atoms with E-state index < -0.39 is 0 Å². The third-order valence-corrected chi connectivity index (χ3v) is 3.53. The fourth-order valence-electron chi connectivity index (χ4n) is 1.90. The molecule has 116 valence electrons. The molecule has 0 spiro atoms. The molecule has 0 bridgehead atoms. The zero-order chi connectivity index (χ0) is 15.9. The van der Waals surface area contributed by atoms with Crippen LogP contribution >= 0.6 is 15.9 Å². The molecule has 22 heavy (non-hydrogen) atoms. The number of hydrogen-bond acceptors (Lipinski definition) is 3. The Labute approximate surface area is 138 Å². The van der Waals surface area contributed by atoms with Gasteiger partial charge in [-0.25, -0.2) is 0 Å². The minimum absolute atomic E-state index is 0.0673. The second-order valence-corrected chi connectivity index (χ2v) is 5.55. The third-order valence-electron chi connectivity index (χ3n) is 2.91. The molecule has 2 aromatic rings. The lowest BCUT2D eigenvalue weighted by Crippen LogP contribution is -2.20. The number of carbonyl (C=O) groups excluding carboxylic acids is 1. The van der Waals surface area contributed by atoms with Crippen LogP contribution in [0.5, 0.6) is 11.5 Å². The first kappa shape index (κ1) is 16.4. The van der Waals surface area contributed by atoms with Crippen molar-refractivity contribution in [2.24, 2.45) is 0 Å². The summed E-state index contributed by atoms with van der Waals surface area (Å²) in [5.74, 6) is 1.05. The van der Waals surface area contributed by atoms with E-state index in [1.54, 1.807) is 6.07 Å². The summed E-state index contributed by atoms with van der Waals surface area (Å²) in [4.78, 5) is 12.0. The summed E-state index contributed by atoms with van der Waals surface area (Å²) in [5, 5.41) is 2.79. The van der Waals surface area contributed by atoms with Gasteiger partial charge in [-0.3, -0.25) is 4.79 Å². The summed E-state index contributed by atoms with van der Waals surface area (Å²) in [6.07, 6.45) is 0. The lowest BCUT2D eigenvalue weighted by molar-refractivity contribution is -0.118. The second kappa shape index (κ2) is 7.84. The average molecular weight is 364 g/mol. The first-order valence-corrected chi connectivity index (χ1v) is 7.80. The highest BCUT2D eigenvalue weighted by molar-refractivity contribution is 9.10. The highest BCUT2D eigenvalue weighted by atomic mass is 79.9. The number of ether oxygens (including phenoxy) is 2. The molecule has 0 fully saturated rings. The van der Waals surface area contributed by atoms with Crippen molar-refractivity contribution in [3.63, 3.8) is 0 Å². The number of nitrogens with one attached hydrogen (secondary N) is 1. The van der Waals surface area contributed by atoms with Crippen LogP contribution < -0.4 is 14.8 Å². The summed E-state index contributed by atoms with van der Waals surface area (Å²) in [7, 11) is 0. The second-order valence-electron chi connectivity index (χ2n) is 4.70. The smallest absolute Gasteiger partial charge is 0.262 e. The zero-order valence-electron chi connectivity index (χ0n) is 12.6. The number of hydrogen-bond donors (Lipinski definition) is 1. The Morgan fingerprint density at radius 3 is 2.64 bits per heavy atom. The van der Waals surface area contributed by atoms with Gasteiger partial charge in [-0.1, -0.05) is 18.2 Å². The molecule has 1 amide bonds. The minimum atomic E-state index is -0.236. The molecule has 2 rings (SSSR count). The SMILES string of the molecule is CCOc1ccccc1NC(=O)COc1ccc(C)cc1Br. The Kier molecular flexibility index (Phi) is 5.83. The molecular weight excluding hydrogens is 346 g/mol. The maximum Gasteiger partial charge on any atom is 0.262 e. The van der Waals surface area contributed by atoms with Crippen molar-refractivity contribution >= 4 is 27.5 Å². The molecule has 0 aliphatic heterocycles. The molecule has 0 saturated heterocycles. The van der Waals surface area contributed by atoms with E-state index in [2.05, 4.69) is 21.2 Å². The summed E-state index contributed by atoms with van der Waals surface area (Å²) >= 11 is 3.42. The van der Waals surface area contributed by atoms with Crippen molar-refractivity contribution in [3.8, 4) is 11.5 Å². The Morgan fingerprint density at radius 2 is 1.91 bits per heavy atom. The molecule has 0 aromatic heterocycles. The zero-order valence-corrected chi connectivity index (χ0v) is 14.1. The minimum Gasteiger partial charge on any atom is -0.492 e. The first-order chi connectivity index (χ1) is 10.6. The number of para-hydroxylation sites is 2. The number of rotatable bonds is 6. The van der Waals surface area contributed by atoms with Gasteiger partial charge in [0.05, 0.1) is 16.8 Å². The summed E-state index contributed by atoms with van der Waals surface area (Å²) in [6, 6.07) is 13.0. The molecule has 0 radical (unpaired) electrons. The fourth-order valence-corrected chi connectivity index (χ4v) is 2.51. The highest BCUT2D eigenvalue weighted by Crippen LogP contribution is 2.26. The van der Waals surface area contributed by atoms with Gasteiger partial charge in [0, 0.05) is 0 Å². The molecule has 0 aliphatic carbocycles. The van der Waals surface area contributed by atoms with E-state index in [9.17, 15) is 4.79 Å². The van der Waals surface area contributed by atoms with Crippen molar-refractivity contribution in [3.05, 3.63) is 52.5 Å². The number of carbonyl (C=O) groups is 1. The van der Waals surface area contributed by atoms with Gasteiger partial charge >= 0.3 is 0 Å². The van der Waals surface area contributed by atoms with Crippen LogP contribution in [0.3, 0.4) is 0 Å². The topological polar surface area (TPSA) is 47.6 Å². The van der Waals surface area contributed by atoms with Gasteiger partial charge in [0.1, 0.15) is 11.5 Å². The molecule has 0 saturated carbocycles. The van der Waals surface area contributed by atoms with Crippen LogP contribution in [0.2, 0.25) is 0 Å². The van der Waals surface area contributed by atoms with Crippen molar-refractivity contribution < 1.29 is 14.3 Å². The lowest BCUT2D eigenvalue weighted by Gasteiger charge is -2.12. The number of benzene rings is 2. The van der Waals surface area contributed by atoms with Gasteiger partial charge in [0.15, 0.2) is 6.61 Å². The predicted octanol–water partition coefficient (Wildman–Crippen LogP) is 4.17. The molecule has 0 atom stereocenters. The predicted molar refractivity (Wildman–Crippen MR) is 90.6 cm³/mol. The lowest BCUT2D eigenvalue weighted by atomic mass is 10.2. The molecule has 0 heterocycles. The van der Waals surface area contributed by atoms with E-state index in [0.29, 0.717) is 23.8 Å². The summed E-state index contributed by atoms with van der Waals surface area (Å²) in [6.45, 7) is 4.37. The summed E-state index contributed by atoms with van der Waals surface area (Å²) in [5.41, 5.74) is 1.76. The van der Waals surface area contributed by atoms with Crippen molar-refractivity contribution in [2.45, 2.75) is 13.8 Å². The highest BCUT2D eigenvalue weighted by Gasteiger charge is 2.09. The van der Waals surface area contributed by atoms with Crippen LogP contribution in [-0.4, -0.2) is 19.1 Å². The van der Waals surface area contributed by atoms with E-state index in [0.717, 1.165) is 10.0 Å². The Balaban J connectivity index is 1.96. The van der Waals surface area contributed by atoms with Gasteiger partial charge in [0.2, 0.25) is 0 Å². The van der Waals surface area contributed by atoms with Gasteiger partial charge in [-0.05, 0) is 59.6 Å². The van der Waals surface area contributed by atoms with Crippen LogP contribution in [0.25, 0.3) is 0 Å². The Morgan fingerprint density at radius 1 is 1.14 bits per heavy atom. The van der Waals surface area contributed by atoms with E-state index in [1.165, 1.54) is 0 Å². The fraction of sp³-hybridized carbons (Fsp3) is 0.235. The quantitative estimate of drug-likeness (QED) is 0.837. The van der Waals surface area contributed by atoms with E-state index >= 15 is 0 Å². The third kappa shape index (κ3) is 4.49. The largest absolute Gasteiger partial charge is 0.492 e. The number of aryl methyl sites for hydroxylation is 1. The van der Waals surface area contributed by atoms with E-state index in [-0.39, 0.29) is 12.5 Å². The maximum atomic E-state index is 12.0. The number of anilines is 1. The molecular formula is C17H18BrNO3. The molecule has 2 aromatic carbocycles. The van der Waals surface area contributed by atoms with Crippen molar-refractivity contribution in [1.82, 2.24) is 0 Å². The standard InChI is InChI=1S/C17H18BrNO3/c1-3-21-16-7-5-4-6-14(16)19-17(20)11-22-15-9-8-12(2)10-13(15)18/h4-10H,3,11H2,1-2H3,(H,19,20). The van der Waals surface area contributed by atoms with Crippen LogP contribution in [0.1, 0.15) is 12.5 Å². The van der Waals surface area contributed by atoms with Crippen LogP contribution in [0.15, 0.2) is 46.9 Å². The van der Waals surface area contributed by atoms with Crippen LogP contribution in [-0.2, 0) is 4.79 Å². The maximum absolute atomic E-state index is 12.0. The molecule has 5 heteroatoms. The van der Waals surface area contributed by atoms with E-state index in [1.807, 2.05) is 50.2 Å². The average Bonchev–Trinajstić information content (AvgIpc) is 2.48. The van der Waals surface area contributed by atoms with Crippen LogP contribution in [0, 0.1) is 6.92 Å². The van der Waals surface area contributed by atoms with Gasteiger partial charge in [-0.15, -0.1) is 0 Å². The Bertz CT molecular complexity index is 658. The molecule has 0 unspecified atom stereocenters. The number of halogens is 1. The van der Waals surface area contributed by atoms with Crippen molar-refractivity contribution in [2.75, 3.05) is 18.5 Å². The van der Waals surface area contributed by atoms with Gasteiger partial charge in [-0.2, -0.15) is 0 Å². The van der Waals surface area contributed by atoms with Gasteiger partial charge in [0.25, 0.3) is 5.91 Å². The molecule has 1 N–H and O–H groups in total. The van der Waals surface area contributed by atoms with E-state index in [4.69, 9.17) is 9.47 Å². The van der Waals surface area contributed by atoms with Gasteiger partial charge < -0.3 is 14.8 Å². The normalized spacial score (nSPS) is 10.1. The van der Waals surface area contributed by atoms with Crippen molar-refractivity contribution in [1.29, 1.82) is 0 Å². The number of amides is 1. The monoisotopic (exact) mass is 363 g/mol. The molecule has 4 nitrogen and oxygen atoms in total. The molecule has 0 aliphatic rings. The summed E-state index contributed by atoms with van der Waals surface area (Å²) < 4.78 is 11.8. The Hall–Kier alpha value is -2.01.